The van der Waals surface area contributed by atoms with Crippen LogP contribution in [-0.2, 0) is 0 Å². The highest BCUT2D eigenvalue weighted by molar-refractivity contribution is 5.99. The number of rotatable bonds is 2. The van der Waals surface area contributed by atoms with E-state index in [4.69, 9.17) is 10.5 Å². The smallest absolute Gasteiger partial charge is 0.255 e. The van der Waals surface area contributed by atoms with Crippen molar-refractivity contribution in [3.8, 4) is 5.75 Å². The first kappa shape index (κ1) is 13.7. The average molecular weight is 262 g/mol. The lowest BCUT2D eigenvalue weighted by Crippen LogP contribution is -2.34. The number of hydrogen-bond donors (Lipinski definition) is 1. The first-order valence-corrected chi connectivity index (χ1v) is 6.95. The van der Waals surface area contributed by atoms with Crippen molar-refractivity contribution in [3.05, 3.63) is 23.8 Å². The van der Waals surface area contributed by atoms with Gasteiger partial charge in [-0.1, -0.05) is 19.3 Å². The van der Waals surface area contributed by atoms with Gasteiger partial charge in [0.1, 0.15) is 5.75 Å². The number of anilines is 1. The number of nitrogens with two attached hydrogens (primary N) is 1. The Morgan fingerprint density at radius 1 is 1.16 bits per heavy atom. The number of carbonyl (C=O) groups excluding carboxylic acids is 1. The molecule has 1 amide bonds. The quantitative estimate of drug-likeness (QED) is 0.834. The molecule has 1 saturated heterocycles. The molecule has 104 valence electrons. The molecule has 0 radical (unpaired) electrons. The van der Waals surface area contributed by atoms with Gasteiger partial charge < -0.3 is 15.4 Å². The largest absolute Gasteiger partial charge is 0.497 e. The van der Waals surface area contributed by atoms with Gasteiger partial charge in [0.25, 0.3) is 5.91 Å². The number of nitrogens with zero attached hydrogens (tertiary/aromatic N) is 1. The summed E-state index contributed by atoms with van der Waals surface area (Å²) in [6, 6.07) is 5.25. The van der Waals surface area contributed by atoms with Crippen LogP contribution >= 0.6 is 0 Å². The fourth-order valence-electron chi connectivity index (χ4n) is 2.48. The highest BCUT2D eigenvalue weighted by atomic mass is 16.5. The summed E-state index contributed by atoms with van der Waals surface area (Å²) in [7, 11) is 1.59. The van der Waals surface area contributed by atoms with Crippen LogP contribution in [0.3, 0.4) is 0 Å². The number of hydrogen-bond acceptors (Lipinski definition) is 3. The summed E-state index contributed by atoms with van der Waals surface area (Å²) in [6.07, 6.45) is 5.88. The van der Waals surface area contributed by atoms with E-state index in [9.17, 15) is 4.79 Å². The Hall–Kier alpha value is -1.71. The predicted molar refractivity (Wildman–Crippen MR) is 76.4 cm³/mol. The summed E-state index contributed by atoms with van der Waals surface area (Å²) in [5.41, 5.74) is 7.02. The summed E-state index contributed by atoms with van der Waals surface area (Å²) in [5, 5.41) is 0. The standard InChI is InChI=1S/C15H22N2O2/c1-19-12-7-8-13(14(16)11-12)15(18)17-9-5-3-2-4-6-10-17/h7-8,11H,2-6,9-10,16H2,1H3. The lowest BCUT2D eigenvalue weighted by Gasteiger charge is -2.25. The Morgan fingerprint density at radius 2 is 1.79 bits per heavy atom. The van der Waals surface area contributed by atoms with E-state index >= 15 is 0 Å². The first-order chi connectivity index (χ1) is 9.22. The third-order valence-electron chi connectivity index (χ3n) is 3.63. The third kappa shape index (κ3) is 3.40. The van der Waals surface area contributed by atoms with E-state index in [1.165, 1.54) is 19.3 Å². The molecule has 1 aromatic rings. The van der Waals surface area contributed by atoms with Crippen LogP contribution in [-0.4, -0.2) is 31.0 Å². The molecule has 0 spiro atoms. The fraction of sp³-hybridized carbons (Fsp3) is 0.533. The number of ether oxygens (including phenoxy) is 1. The van der Waals surface area contributed by atoms with Gasteiger partial charge in [-0.25, -0.2) is 0 Å². The van der Waals surface area contributed by atoms with E-state index < -0.39 is 0 Å². The van der Waals surface area contributed by atoms with Crippen LogP contribution in [0.5, 0.6) is 5.75 Å². The van der Waals surface area contributed by atoms with Crippen LogP contribution < -0.4 is 10.5 Å². The maximum absolute atomic E-state index is 12.5. The molecule has 2 N–H and O–H groups in total. The second-order valence-corrected chi connectivity index (χ2v) is 5.01. The highest BCUT2D eigenvalue weighted by Crippen LogP contribution is 2.22. The number of benzene rings is 1. The van der Waals surface area contributed by atoms with Crippen LogP contribution in [0.4, 0.5) is 5.69 Å². The van der Waals surface area contributed by atoms with Crippen molar-refractivity contribution in [2.45, 2.75) is 32.1 Å². The summed E-state index contributed by atoms with van der Waals surface area (Å²) < 4.78 is 5.11. The molecule has 0 saturated carbocycles. The lowest BCUT2D eigenvalue weighted by molar-refractivity contribution is 0.0743. The van der Waals surface area contributed by atoms with Crippen molar-refractivity contribution in [2.75, 3.05) is 25.9 Å². The SMILES string of the molecule is COc1ccc(C(=O)N2CCCCCCC2)c(N)c1. The Balaban J connectivity index is 2.13. The molecule has 0 aromatic heterocycles. The summed E-state index contributed by atoms with van der Waals surface area (Å²) >= 11 is 0. The molecule has 4 nitrogen and oxygen atoms in total. The van der Waals surface area contributed by atoms with E-state index in [1.807, 2.05) is 4.90 Å². The Kier molecular flexibility index (Phi) is 4.66. The van der Waals surface area contributed by atoms with E-state index in [1.54, 1.807) is 25.3 Å². The van der Waals surface area contributed by atoms with Crippen molar-refractivity contribution in [1.82, 2.24) is 4.90 Å². The van der Waals surface area contributed by atoms with Crippen LogP contribution in [0, 0.1) is 0 Å². The zero-order valence-electron chi connectivity index (χ0n) is 11.5. The van der Waals surface area contributed by atoms with Gasteiger partial charge in [-0.2, -0.15) is 0 Å². The Labute approximate surface area is 114 Å². The molecule has 0 aliphatic carbocycles. The zero-order chi connectivity index (χ0) is 13.7. The Bertz CT molecular complexity index is 438. The molecular weight excluding hydrogens is 240 g/mol. The molecule has 2 rings (SSSR count). The van der Waals surface area contributed by atoms with Gasteiger partial charge >= 0.3 is 0 Å². The topological polar surface area (TPSA) is 55.6 Å². The highest BCUT2D eigenvalue weighted by Gasteiger charge is 2.18. The minimum atomic E-state index is 0.0436. The van der Waals surface area contributed by atoms with E-state index in [2.05, 4.69) is 0 Å². The summed E-state index contributed by atoms with van der Waals surface area (Å²) in [4.78, 5) is 14.4. The lowest BCUT2D eigenvalue weighted by atomic mass is 10.1. The van der Waals surface area contributed by atoms with Crippen molar-refractivity contribution < 1.29 is 9.53 Å². The molecule has 0 unspecified atom stereocenters. The molecule has 4 heteroatoms. The number of nitrogen functional groups attached to an aromatic ring is 1. The summed E-state index contributed by atoms with van der Waals surface area (Å²) in [5.74, 6) is 0.726. The van der Waals surface area contributed by atoms with Crippen molar-refractivity contribution in [2.24, 2.45) is 0 Å². The first-order valence-electron chi connectivity index (χ1n) is 6.95. The van der Waals surface area contributed by atoms with E-state index in [0.717, 1.165) is 25.9 Å². The number of amides is 1. The van der Waals surface area contributed by atoms with Gasteiger partial charge in [0.2, 0.25) is 0 Å². The van der Waals surface area contributed by atoms with Gasteiger partial charge in [0.15, 0.2) is 0 Å². The number of carbonyl (C=O) groups is 1. The average Bonchev–Trinajstić information content (AvgIpc) is 2.37. The minimum Gasteiger partial charge on any atom is -0.497 e. The number of likely N-dealkylation sites (tertiary alicyclic amines) is 1. The molecule has 1 heterocycles. The minimum absolute atomic E-state index is 0.0436. The fourth-order valence-corrected chi connectivity index (χ4v) is 2.48. The molecule has 1 aliphatic rings. The second kappa shape index (κ2) is 6.45. The molecule has 1 fully saturated rings. The zero-order valence-corrected chi connectivity index (χ0v) is 11.5. The van der Waals surface area contributed by atoms with Crippen molar-refractivity contribution >= 4 is 11.6 Å². The van der Waals surface area contributed by atoms with E-state index in [-0.39, 0.29) is 5.91 Å². The van der Waals surface area contributed by atoms with Gasteiger partial charge in [0.05, 0.1) is 12.7 Å². The monoisotopic (exact) mass is 262 g/mol. The molecule has 0 bridgehead atoms. The van der Waals surface area contributed by atoms with Crippen molar-refractivity contribution in [1.29, 1.82) is 0 Å². The molecule has 1 aromatic carbocycles. The van der Waals surface area contributed by atoms with Gasteiger partial charge in [-0.05, 0) is 25.0 Å². The van der Waals surface area contributed by atoms with Crippen LogP contribution in [0.2, 0.25) is 0 Å². The van der Waals surface area contributed by atoms with Gasteiger partial charge in [-0.15, -0.1) is 0 Å². The van der Waals surface area contributed by atoms with Crippen LogP contribution in [0.15, 0.2) is 18.2 Å². The predicted octanol–water partition coefficient (Wildman–Crippen LogP) is 2.68. The molecule has 0 atom stereocenters. The third-order valence-corrected chi connectivity index (χ3v) is 3.63. The van der Waals surface area contributed by atoms with Gasteiger partial charge in [0, 0.05) is 24.8 Å². The molecular formula is C15H22N2O2. The molecule has 19 heavy (non-hydrogen) atoms. The molecule has 1 aliphatic heterocycles. The summed E-state index contributed by atoms with van der Waals surface area (Å²) in [6.45, 7) is 1.68. The maximum atomic E-state index is 12.5. The van der Waals surface area contributed by atoms with Crippen molar-refractivity contribution in [3.63, 3.8) is 0 Å². The second-order valence-electron chi connectivity index (χ2n) is 5.01. The van der Waals surface area contributed by atoms with E-state index in [0.29, 0.717) is 17.0 Å². The number of methoxy groups -OCH3 is 1. The van der Waals surface area contributed by atoms with Crippen LogP contribution in [0.25, 0.3) is 0 Å². The normalized spacial score (nSPS) is 16.6. The van der Waals surface area contributed by atoms with Gasteiger partial charge in [-0.3, -0.25) is 4.79 Å². The van der Waals surface area contributed by atoms with Crippen LogP contribution in [0.1, 0.15) is 42.5 Å². The Morgan fingerprint density at radius 3 is 2.37 bits per heavy atom. The maximum Gasteiger partial charge on any atom is 0.255 e.